The number of hydrogen-bond donors (Lipinski definition) is 1. The number of nitrogens with zero attached hydrogens (tertiary/aromatic N) is 3. The van der Waals surface area contributed by atoms with Crippen molar-refractivity contribution in [3.05, 3.63) is 35.9 Å². The first-order valence-electron chi connectivity index (χ1n) is 8.83. The minimum Gasteiger partial charge on any atom is -0.353 e. The molecule has 130 valence electrons. The van der Waals surface area contributed by atoms with Gasteiger partial charge in [-0.2, -0.15) is 0 Å². The fourth-order valence-electron chi connectivity index (χ4n) is 3.25. The van der Waals surface area contributed by atoms with E-state index in [0.717, 1.165) is 42.7 Å². The number of aromatic nitrogens is 1. The van der Waals surface area contributed by atoms with E-state index in [0.29, 0.717) is 24.7 Å². The molecule has 1 aliphatic carbocycles. The first kappa shape index (κ1) is 15.9. The van der Waals surface area contributed by atoms with Gasteiger partial charge in [-0.25, -0.2) is 4.98 Å². The molecule has 1 N–H and O–H groups in total. The molecule has 0 radical (unpaired) electrons. The number of piperazine rings is 1. The van der Waals surface area contributed by atoms with Crippen molar-refractivity contribution < 1.29 is 9.59 Å². The summed E-state index contributed by atoms with van der Waals surface area (Å²) in [5.74, 6) is 0.892. The van der Waals surface area contributed by atoms with Crippen LogP contribution >= 0.6 is 0 Å². The second kappa shape index (κ2) is 6.35. The number of pyridine rings is 1. The van der Waals surface area contributed by atoms with Crippen molar-refractivity contribution in [2.45, 2.75) is 25.8 Å². The molecule has 1 aromatic heterocycles. The van der Waals surface area contributed by atoms with E-state index in [1.54, 1.807) is 6.92 Å². The molecule has 6 heteroatoms. The predicted octanol–water partition coefficient (Wildman–Crippen LogP) is 1.80. The summed E-state index contributed by atoms with van der Waals surface area (Å²) >= 11 is 0. The van der Waals surface area contributed by atoms with Gasteiger partial charge in [0.15, 0.2) is 0 Å². The van der Waals surface area contributed by atoms with Crippen LogP contribution in [-0.4, -0.2) is 53.9 Å². The molecule has 4 rings (SSSR count). The Morgan fingerprint density at radius 3 is 2.52 bits per heavy atom. The van der Waals surface area contributed by atoms with E-state index < -0.39 is 0 Å². The molecule has 0 spiro atoms. The molecule has 2 aromatic rings. The predicted molar refractivity (Wildman–Crippen MR) is 96.7 cm³/mol. The number of benzene rings is 1. The van der Waals surface area contributed by atoms with Crippen LogP contribution < -0.4 is 10.2 Å². The lowest BCUT2D eigenvalue weighted by Gasteiger charge is -2.35. The van der Waals surface area contributed by atoms with Crippen LogP contribution in [0.15, 0.2) is 30.3 Å². The summed E-state index contributed by atoms with van der Waals surface area (Å²) in [5.41, 5.74) is 1.51. The second-order valence-corrected chi connectivity index (χ2v) is 6.79. The topological polar surface area (TPSA) is 65.5 Å². The van der Waals surface area contributed by atoms with Gasteiger partial charge >= 0.3 is 0 Å². The van der Waals surface area contributed by atoms with E-state index in [4.69, 9.17) is 4.98 Å². The highest BCUT2D eigenvalue weighted by Crippen LogP contribution is 2.26. The Bertz CT molecular complexity index is 823. The van der Waals surface area contributed by atoms with Gasteiger partial charge in [-0.3, -0.25) is 9.59 Å². The molecule has 1 aromatic carbocycles. The molecule has 0 bridgehead atoms. The maximum Gasteiger partial charge on any atom is 0.252 e. The maximum absolute atomic E-state index is 12.7. The van der Waals surface area contributed by atoms with Crippen LogP contribution in [0.25, 0.3) is 10.9 Å². The SMILES string of the molecule is CC(=O)N1CCN(c2cc(C(=O)NC3CC3)c3ccccc3n2)CC1. The smallest absolute Gasteiger partial charge is 0.252 e. The molecule has 2 amide bonds. The van der Waals surface area contributed by atoms with Crippen molar-refractivity contribution in [1.82, 2.24) is 15.2 Å². The van der Waals surface area contributed by atoms with E-state index in [9.17, 15) is 9.59 Å². The summed E-state index contributed by atoms with van der Waals surface area (Å²) < 4.78 is 0. The van der Waals surface area contributed by atoms with Crippen LogP contribution in [0.5, 0.6) is 0 Å². The summed E-state index contributed by atoms with van der Waals surface area (Å²) in [6.45, 7) is 4.44. The zero-order chi connectivity index (χ0) is 17.4. The van der Waals surface area contributed by atoms with Gasteiger partial charge in [0.1, 0.15) is 5.82 Å². The monoisotopic (exact) mass is 338 g/mol. The Kier molecular flexibility index (Phi) is 4.03. The Labute approximate surface area is 146 Å². The molecule has 25 heavy (non-hydrogen) atoms. The maximum atomic E-state index is 12.7. The third-order valence-corrected chi connectivity index (χ3v) is 4.91. The number of hydrogen-bond acceptors (Lipinski definition) is 4. The fourth-order valence-corrected chi connectivity index (χ4v) is 3.25. The quantitative estimate of drug-likeness (QED) is 0.927. The number of rotatable bonds is 3. The molecule has 1 saturated carbocycles. The first-order chi connectivity index (χ1) is 12.1. The van der Waals surface area contributed by atoms with Gasteiger partial charge in [0.05, 0.1) is 11.1 Å². The molecule has 2 aliphatic rings. The van der Waals surface area contributed by atoms with E-state index in [1.807, 2.05) is 35.2 Å². The molecule has 0 atom stereocenters. The lowest BCUT2D eigenvalue weighted by molar-refractivity contribution is -0.129. The highest BCUT2D eigenvalue weighted by atomic mass is 16.2. The van der Waals surface area contributed by atoms with Crippen molar-refractivity contribution >= 4 is 28.5 Å². The van der Waals surface area contributed by atoms with Crippen molar-refractivity contribution in [2.24, 2.45) is 0 Å². The zero-order valence-electron chi connectivity index (χ0n) is 14.4. The molecular weight excluding hydrogens is 316 g/mol. The van der Waals surface area contributed by atoms with Gasteiger partial charge in [-0.05, 0) is 25.0 Å². The largest absolute Gasteiger partial charge is 0.353 e. The number of amides is 2. The third kappa shape index (κ3) is 3.29. The van der Waals surface area contributed by atoms with Crippen molar-refractivity contribution in [3.8, 4) is 0 Å². The third-order valence-electron chi connectivity index (χ3n) is 4.91. The average molecular weight is 338 g/mol. The van der Waals surface area contributed by atoms with E-state index in [2.05, 4.69) is 10.2 Å². The molecule has 6 nitrogen and oxygen atoms in total. The van der Waals surface area contributed by atoms with Gasteiger partial charge in [-0.1, -0.05) is 18.2 Å². The molecule has 1 aliphatic heterocycles. The van der Waals surface area contributed by atoms with Crippen LogP contribution in [0.1, 0.15) is 30.1 Å². The summed E-state index contributed by atoms with van der Waals surface area (Å²) in [7, 11) is 0. The lowest BCUT2D eigenvalue weighted by Crippen LogP contribution is -2.48. The van der Waals surface area contributed by atoms with Crippen molar-refractivity contribution in [3.63, 3.8) is 0 Å². The Balaban J connectivity index is 1.65. The minimum atomic E-state index is -0.0234. The van der Waals surface area contributed by atoms with Crippen LogP contribution in [0, 0.1) is 0 Å². The summed E-state index contributed by atoms with van der Waals surface area (Å²) in [4.78, 5) is 32.9. The van der Waals surface area contributed by atoms with Crippen LogP contribution in [0.3, 0.4) is 0 Å². The lowest BCUT2D eigenvalue weighted by atomic mass is 10.1. The van der Waals surface area contributed by atoms with Crippen molar-refractivity contribution in [2.75, 3.05) is 31.1 Å². The molecule has 2 fully saturated rings. The van der Waals surface area contributed by atoms with E-state index in [-0.39, 0.29) is 11.8 Å². The number of nitrogens with one attached hydrogen (secondary N) is 1. The number of anilines is 1. The van der Waals surface area contributed by atoms with Gasteiger partial charge in [0.25, 0.3) is 5.91 Å². The highest BCUT2D eigenvalue weighted by molar-refractivity contribution is 6.07. The Morgan fingerprint density at radius 1 is 1.12 bits per heavy atom. The summed E-state index contributed by atoms with van der Waals surface area (Å²) in [5, 5.41) is 3.96. The summed E-state index contributed by atoms with van der Waals surface area (Å²) in [6.07, 6.45) is 2.13. The van der Waals surface area contributed by atoms with Crippen LogP contribution in [0.4, 0.5) is 5.82 Å². The molecule has 1 saturated heterocycles. The second-order valence-electron chi connectivity index (χ2n) is 6.79. The fraction of sp³-hybridized carbons (Fsp3) is 0.421. The van der Waals surface area contributed by atoms with Gasteiger partial charge in [0, 0.05) is 44.5 Å². The Hall–Kier alpha value is -2.63. The van der Waals surface area contributed by atoms with Gasteiger partial charge in [0.2, 0.25) is 5.91 Å². The van der Waals surface area contributed by atoms with Gasteiger partial charge < -0.3 is 15.1 Å². The van der Waals surface area contributed by atoms with Crippen molar-refractivity contribution in [1.29, 1.82) is 0 Å². The average Bonchev–Trinajstić information content (AvgIpc) is 3.44. The van der Waals surface area contributed by atoms with Gasteiger partial charge in [-0.15, -0.1) is 0 Å². The summed E-state index contributed by atoms with van der Waals surface area (Å²) in [6, 6.07) is 9.98. The van der Waals surface area contributed by atoms with E-state index in [1.165, 1.54) is 0 Å². The normalized spacial score (nSPS) is 17.6. The van der Waals surface area contributed by atoms with Crippen LogP contribution in [0.2, 0.25) is 0 Å². The molecular formula is C19H22N4O2. The standard InChI is InChI=1S/C19H22N4O2/c1-13(24)22-8-10-23(11-9-22)18-12-16(19(25)20-14-6-7-14)15-4-2-3-5-17(15)21-18/h2-5,12,14H,6-11H2,1H3,(H,20,25). The number of carbonyl (C=O) groups excluding carboxylic acids is 2. The van der Waals surface area contributed by atoms with Crippen LogP contribution in [-0.2, 0) is 4.79 Å². The minimum absolute atomic E-state index is 0.0234. The number of para-hydroxylation sites is 1. The van der Waals surface area contributed by atoms with E-state index >= 15 is 0 Å². The Morgan fingerprint density at radius 2 is 1.84 bits per heavy atom. The number of carbonyl (C=O) groups is 2. The molecule has 0 unspecified atom stereocenters. The number of fused-ring (bicyclic) bond motifs is 1. The molecule has 2 heterocycles. The first-order valence-corrected chi connectivity index (χ1v) is 8.83. The highest BCUT2D eigenvalue weighted by Gasteiger charge is 2.26. The zero-order valence-corrected chi connectivity index (χ0v) is 14.4.